The minimum absolute atomic E-state index is 0.196. The molecule has 1 rings (SSSR count). The molecule has 0 aliphatic heterocycles. The van der Waals surface area contributed by atoms with Crippen LogP contribution < -0.4 is 0 Å². The second kappa shape index (κ2) is 5.71. The summed E-state index contributed by atoms with van der Waals surface area (Å²) >= 11 is 0. The summed E-state index contributed by atoms with van der Waals surface area (Å²) in [6, 6.07) is 8.72. The van der Waals surface area contributed by atoms with Crippen LogP contribution in [0.5, 0.6) is 0 Å². The molecule has 0 aliphatic carbocycles. The molecule has 0 amide bonds. The smallest absolute Gasteiger partial charge is 0.318 e. The lowest BCUT2D eigenvalue weighted by molar-refractivity contribution is -0.138. The lowest BCUT2D eigenvalue weighted by Crippen LogP contribution is -2.48. The van der Waals surface area contributed by atoms with E-state index >= 15 is 0 Å². The molecule has 1 N–H and O–H groups in total. The third-order valence-corrected chi connectivity index (χ3v) is 4.60. The molecule has 0 aromatic heterocycles. The highest BCUT2D eigenvalue weighted by atomic mass is 32.2. The van der Waals surface area contributed by atoms with Gasteiger partial charge in [0.25, 0.3) is 0 Å². The maximum atomic E-state index is 12.3. The van der Waals surface area contributed by atoms with Gasteiger partial charge >= 0.3 is 5.97 Å². The number of benzene rings is 1. The molecule has 6 heteroatoms. The fourth-order valence-electron chi connectivity index (χ4n) is 1.74. The van der Waals surface area contributed by atoms with E-state index in [0.717, 1.165) is 4.31 Å². The van der Waals surface area contributed by atoms with E-state index in [1.807, 2.05) is 0 Å². The molecule has 0 radical (unpaired) electrons. The first kappa shape index (κ1) is 15.7. The highest BCUT2D eigenvalue weighted by Gasteiger charge is 2.34. The zero-order chi connectivity index (χ0) is 14.7. The van der Waals surface area contributed by atoms with Crippen molar-refractivity contribution < 1.29 is 18.3 Å². The average Bonchev–Trinajstić information content (AvgIpc) is 2.25. The maximum Gasteiger partial charge on any atom is 0.318 e. The summed E-state index contributed by atoms with van der Waals surface area (Å²) in [5.41, 5.74) is -0.131. The number of carboxylic acids is 1. The van der Waals surface area contributed by atoms with Crippen LogP contribution in [0.1, 0.15) is 26.3 Å². The van der Waals surface area contributed by atoms with E-state index in [9.17, 15) is 13.2 Å². The first-order valence-electron chi connectivity index (χ1n) is 5.89. The third-order valence-electron chi connectivity index (χ3n) is 2.55. The van der Waals surface area contributed by atoms with Gasteiger partial charge in [0.05, 0.1) is 5.75 Å². The van der Waals surface area contributed by atoms with Gasteiger partial charge in [0, 0.05) is 5.54 Å². The Morgan fingerprint density at radius 2 is 1.74 bits per heavy atom. The van der Waals surface area contributed by atoms with Crippen LogP contribution in [0.4, 0.5) is 0 Å². The predicted molar refractivity (Wildman–Crippen MR) is 73.2 cm³/mol. The van der Waals surface area contributed by atoms with Crippen LogP contribution in [-0.2, 0) is 20.6 Å². The van der Waals surface area contributed by atoms with Gasteiger partial charge in [-0.3, -0.25) is 4.79 Å². The number of carboxylic acid groups (broad SMARTS) is 1. The SMILES string of the molecule is CC(C)(C)N(CC(=O)O)S(=O)(=O)Cc1ccccc1. The Labute approximate surface area is 113 Å². The summed E-state index contributed by atoms with van der Waals surface area (Å²) < 4.78 is 25.7. The van der Waals surface area contributed by atoms with Gasteiger partial charge in [0.15, 0.2) is 0 Å². The summed E-state index contributed by atoms with van der Waals surface area (Å²) in [6.45, 7) is 4.51. The summed E-state index contributed by atoms with van der Waals surface area (Å²) in [7, 11) is -3.68. The molecule has 0 saturated carbocycles. The Kier molecular flexibility index (Phi) is 4.70. The minimum Gasteiger partial charge on any atom is -0.480 e. The molecule has 0 aliphatic rings. The third kappa shape index (κ3) is 4.65. The van der Waals surface area contributed by atoms with Crippen molar-refractivity contribution >= 4 is 16.0 Å². The lowest BCUT2D eigenvalue weighted by atomic mass is 10.1. The summed E-state index contributed by atoms with van der Waals surface area (Å²) in [4.78, 5) is 10.8. The quantitative estimate of drug-likeness (QED) is 0.893. The van der Waals surface area contributed by atoms with Gasteiger partial charge in [0.2, 0.25) is 10.0 Å². The van der Waals surface area contributed by atoms with Crippen molar-refractivity contribution in [2.45, 2.75) is 32.1 Å². The maximum absolute atomic E-state index is 12.3. The summed E-state index contributed by atoms with van der Waals surface area (Å²) in [5, 5.41) is 8.87. The van der Waals surface area contributed by atoms with E-state index in [2.05, 4.69) is 0 Å². The van der Waals surface area contributed by atoms with Gasteiger partial charge in [-0.15, -0.1) is 0 Å². The predicted octanol–water partition coefficient (Wildman–Crippen LogP) is 1.70. The van der Waals surface area contributed by atoms with Gasteiger partial charge in [-0.05, 0) is 26.3 Å². The van der Waals surface area contributed by atoms with E-state index < -0.39 is 28.1 Å². The van der Waals surface area contributed by atoms with Gasteiger partial charge < -0.3 is 5.11 Å². The van der Waals surface area contributed by atoms with Crippen molar-refractivity contribution in [1.29, 1.82) is 0 Å². The van der Waals surface area contributed by atoms with Crippen molar-refractivity contribution in [2.24, 2.45) is 0 Å². The largest absolute Gasteiger partial charge is 0.480 e. The Bertz CT molecular complexity index is 532. The van der Waals surface area contributed by atoms with Crippen molar-refractivity contribution in [3.05, 3.63) is 35.9 Å². The summed E-state index contributed by atoms with van der Waals surface area (Å²) in [5.74, 6) is -1.36. The van der Waals surface area contributed by atoms with Crippen molar-refractivity contribution in [3.8, 4) is 0 Å². The molecule has 1 aromatic carbocycles. The van der Waals surface area contributed by atoms with Gasteiger partial charge in [-0.2, -0.15) is 4.31 Å². The van der Waals surface area contributed by atoms with E-state index in [4.69, 9.17) is 5.11 Å². The lowest BCUT2D eigenvalue weighted by Gasteiger charge is -2.33. The number of aliphatic carboxylic acids is 1. The molecule has 0 saturated heterocycles. The number of hydrogen-bond acceptors (Lipinski definition) is 3. The van der Waals surface area contributed by atoms with Gasteiger partial charge in [-0.25, -0.2) is 8.42 Å². The molecule has 0 unspecified atom stereocenters. The molecular weight excluding hydrogens is 266 g/mol. The molecule has 106 valence electrons. The normalized spacial score (nSPS) is 12.6. The van der Waals surface area contributed by atoms with Crippen LogP contribution in [0.2, 0.25) is 0 Å². The fraction of sp³-hybridized carbons (Fsp3) is 0.462. The Hall–Kier alpha value is -1.40. The molecule has 0 fully saturated rings. The molecule has 0 spiro atoms. The van der Waals surface area contributed by atoms with Crippen LogP contribution in [0.3, 0.4) is 0 Å². The van der Waals surface area contributed by atoms with E-state index in [1.165, 1.54) is 0 Å². The van der Waals surface area contributed by atoms with Crippen LogP contribution in [0, 0.1) is 0 Å². The number of carbonyl (C=O) groups is 1. The van der Waals surface area contributed by atoms with Crippen molar-refractivity contribution in [3.63, 3.8) is 0 Å². The van der Waals surface area contributed by atoms with Crippen LogP contribution >= 0.6 is 0 Å². The molecule has 19 heavy (non-hydrogen) atoms. The standard InChI is InChI=1S/C13H19NO4S/c1-13(2,3)14(9-12(15)16)19(17,18)10-11-7-5-4-6-8-11/h4-8H,9-10H2,1-3H3,(H,15,16). The average molecular weight is 285 g/mol. The minimum atomic E-state index is -3.68. The van der Waals surface area contributed by atoms with Crippen molar-refractivity contribution in [1.82, 2.24) is 4.31 Å². The molecule has 5 nitrogen and oxygen atoms in total. The Morgan fingerprint density at radius 1 is 1.21 bits per heavy atom. The number of nitrogens with zero attached hydrogens (tertiary/aromatic N) is 1. The highest BCUT2D eigenvalue weighted by Crippen LogP contribution is 2.21. The second-order valence-corrected chi connectivity index (χ2v) is 7.21. The van der Waals surface area contributed by atoms with Gasteiger partial charge in [0.1, 0.15) is 6.54 Å². The molecule has 1 aromatic rings. The van der Waals surface area contributed by atoms with Crippen LogP contribution in [0.25, 0.3) is 0 Å². The van der Waals surface area contributed by atoms with Crippen LogP contribution in [0.15, 0.2) is 30.3 Å². The molecule has 0 atom stereocenters. The van der Waals surface area contributed by atoms with Crippen LogP contribution in [-0.4, -0.2) is 35.9 Å². The fourth-order valence-corrected chi connectivity index (χ4v) is 3.65. The first-order chi connectivity index (χ1) is 8.63. The highest BCUT2D eigenvalue weighted by molar-refractivity contribution is 7.88. The number of hydrogen-bond donors (Lipinski definition) is 1. The molecule has 0 bridgehead atoms. The zero-order valence-corrected chi connectivity index (χ0v) is 12.1. The topological polar surface area (TPSA) is 74.7 Å². The second-order valence-electron chi connectivity index (χ2n) is 5.31. The van der Waals surface area contributed by atoms with E-state index in [-0.39, 0.29) is 5.75 Å². The number of sulfonamides is 1. The zero-order valence-electron chi connectivity index (χ0n) is 11.3. The Balaban J connectivity index is 3.04. The van der Waals surface area contributed by atoms with E-state index in [0.29, 0.717) is 5.56 Å². The summed E-state index contributed by atoms with van der Waals surface area (Å²) in [6.07, 6.45) is 0. The monoisotopic (exact) mass is 285 g/mol. The molecule has 0 heterocycles. The number of rotatable bonds is 5. The van der Waals surface area contributed by atoms with Crippen molar-refractivity contribution in [2.75, 3.05) is 6.54 Å². The molecular formula is C13H19NO4S. The van der Waals surface area contributed by atoms with E-state index in [1.54, 1.807) is 51.1 Å². The van der Waals surface area contributed by atoms with Gasteiger partial charge in [-0.1, -0.05) is 30.3 Å². The Morgan fingerprint density at radius 3 is 2.16 bits per heavy atom. The first-order valence-corrected chi connectivity index (χ1v) is 7.50.